The summed E-state index contributed by atoms with van der Waals surface area (Å²) in [6, 6.07) is 10.7. The second-order valence-electron chi connectivity index (χ2n) is 4.46. The first kappa shape index (κ1) is 11.3. The van der Waals surface area contributed by atoms with Crippen molar-refractivity contribution >= 4 is 5.78 Å². The number of nitrogens with zero attached hydrogens (tertiary/aromatic N) is 1. The molecule has 0 radical (unpaired) electrons. The van der Waals surface area contributed by atoms with Crippen LogP contribution < -0.4 is 0 Å². The van der Waals surface area contributed by atoms with Gasteiger partial charge in [-0.3, -0.25) is 9.69 Å². The summed E-state index contributed by atoms with van der Waals surface area (Å²) in [5, 5.41) is 0. The Labute approximate surface area is 97.3 Å². The van der Waals surface area contributed by atoms with Crippen LogP contribution in [0.1, 0.15) is 37.8 Å². The summed E-state index contributed by atoms with van der Waals surface area (Å²) in [4.78, 5) is 14.0. The molecule has 0 aliphatic carbocycles. The van der Waals surface area contributed by atoms with Gasteiger partial charge in [-0.2, -0.15) is 0 Å². The molecule has 1 unspecified atom stereocenters. The van der Waals surface area contributed by atoms with E-state index in [1.54, 1.807) is 0 Å². The second kappa shape index (κ2) is 5.26. The first-order chi connectivity index (χ1) is 7.81. The summed E-state index contributed by atoms with van der Waals surface area (Å²) in [6.07, 6.45) is 2.56. The fraction of sp³-hybridized carbons (Fsp3) is 0.500. The van der Waals surface area contributed by atoms with Gasteiger partial charge in [-0.05, 0) is 18.5 Å². The van der Waals surface area contributed by atoms with Crippen LogP contribution in [0.2, 0.25) is 0 Å². The van der Waals surface area contributed by atoms with Crippen LogP contribution in [0.4, 0.5) is 0 Å². The summed E-state index contributed by atoms with van der Waals surface area (Å²) >= 11 is 0. The van der Waals surface area contributed by atoms with Crippen molar-refractivity contribution in [2.75, 3.05) is 13.1 Å². The maximum atomic E-state index is 11.6. The van der Waals surface area contributed by atoms with E-state index in [0.717, 1.165) is 25.9 Å². The zero-order valence-corrected chi connectivity index (χ0v) is 9.86. The quantitative estimate of drug-likeness (QED) is 0.776. The number of ketones is 1. The molecule has 0 spiro atoms. The number of carbonyl (C=O) groups excluding carboxylic acids is 1. The predicted molar refractivity (Wildman–Crippen MR) is 65.3 cm³/mol. The van der Waals surface area contributed by atoms with Gasteiger partial charge in [-0.1, -0.05) is 37.3 Å². The molecular formula is C14H19NO. The molecule has 1 fully saturated rings. The monoisotopic (exact) mass is 217 g/mol. The second-order valence-corrected chi connectivity index (χ2v) is 4.46. The van der Waals surface area contributed by atoms with Crippen LogP contribution in [0.25, 0.3) is 0 Å². The average molecular weight is 217 g/mol. The molecule has 1 saturated heterocycles. The smallest absolute Gasteiger partial charge is 0.136 e. The van der Waals surface area contributed by atoms with Crippen molar-refractivity contribution in [3.63, 3.8) is 0 Å². The predicted octanol–water partition coefficient (Wildman–Crippen LogP) is 2.80. The van der Waals surface area contributed by atoms with Gasteiger partial charge in [0, 0.05) is 25.4 Å². The SMILES string of the molecule is CCCN1CCC(=O)CC1c1ccccc1. The van der Waals surface area contributed by atoms with Crippen molar-refractivity contribution in [1.82, 2.24) is 4.90 Å². The van der Waals surface area contributed by atoms with Crippen molar-refractivity contribution < 1.29 is 4.79 Å². The van der Waals surface area contributed by atoms with Crippen LogP contribution in [0, 0.1) is 0 Å². The van der Waals surface area contributed by atoms with Gasteiger partial charge in [0.1, 0.15) is 5.78 Å². The lowest BCUT2D eigenvalue weighted by atomic mass is 9.94. The lowest BCUT2D eigenvalue weighted by Crippen LogP contribution is -2.37. The maximum Gasteiger partial charge on any atom is 0.136 e. The molecule has 2 nitrogen and oxygen atoms in total. The van der Waals surface area contributed by atoms with Crippen LogP contribution in [0.5, 0.6) is 0 Å². The molecule has 1 atom stereocenters. The van der Waals surface area contributed by atoms with Crippen molar-refractivity contribution in [2.45, 2.75) is 32.2 Å². The Morgan fingerprint density at radius 1 is 1.31 bits per heavy atom. The number of carbonyl (C=O) groups is 1. The Hall–Kier alpha value is -1.15. The molecule has 16 heavy (non-hydrogen) atoms. The summed E-state index contributed by atoms with van der Waals surface area (Å²) < 4.78 is 0. The van der Waals surface area contributed by atoms with E-state index in [1.165, 1.54) is 5.56 Å². The fourth-order valence-corrected chi connectivity index (χ4v) is 2.43. The summed E-state index contributed by atoms with van der Waals surface area (Å²) in [5.41, 5.74) is 1.28. The van der Waals surface area contributed by atoms with E-state index >= 15 is 0 Å². The van der Waals surface area contributed by atoms with E-state index in [4.69, 9.17) is 0 Å². The largest absolute Gasteiger partial charge is 0.300 e. The minimum atomic E-state index is 0.308. The molecule has 0 saturated carbocycles. The number of hydrogen-bond acceptors (Lipinski definition) is 2. The van der Waals surface area contributed by atoms with Gasteiger partial charge in [-0.25, -0.2) is 0 Å². The highest BCUT2D eigenvalue weighted by Gasteiger charge is 2.27. The number of Topliss-reactive ketones (excluding diaryl/α,β-unsaturated/α-hetero) is 1. The van der Waals surface area contributed by atoms with Crippen LogP contribution in [-0.2, 0) is 4.79 Å². The van der Waals surface area contributed by atoms with Gasteiger partial charge < -0.3 is 0 Å². The molecule has 1 aromatic carbocycles. The molecule has 0 amide bonds. The van der Waals surface area contributed by atoms with Crippen LogP contribution in [-0.4, -0.2) is 23.8 Å². The Morgan fingerprint density at radius 2 is 2.06 bits per heavy atom. The Bertz CT molecular complexity index is 347. The highest BCUT2D eigenvalue weighted by atomic mass is 16.1. The van der Waals surface area contributed by atoms with E-state index in [1.807, 2.05) is 6.07 Å². The maximum absolute atomic E-state index is 11.6. The lowest BCUT2D eigenvalue weighted by Gasteiger charge is -2.35. The summed E-state index contributed by atoms with van der Waals surface area (Å²) in [6.45, 7) is 4.21. The highest BCUT2D eigenvalue weighted by Crippen LogP contribution is 2.28. The molecule has 86 valence electrons. The highest BCUT2D eigenvalue weighted by molar-refractivity contribution is 5.80. The van der Waals surface area contributed by atoms with Crippen LogP contribution in [0.3, 0.4) is 0 Å². The third kappa shape index (κ3) is 2.50. The Balaban J connectivity index is 2.17. The molecule has 2 heteroatoms. The minimum Gasteiger partial charge on any atom is -0.300 e. The van der Waals surface area contributed by atoms with Crippen molar-refractivity contribution in [1.29, 1.82) is 0 Å². The molecule has 2 rings (SSSR count). The van der Waals surface area contributed by atoms with Gasteiger partial charge in [-0.15, -0.1) is 0 Å². The number of piperidine rings is 1. The van der Waals surface area contributed by atoms with Crippen LogP contribution in [0.15, 0.2) is 30.3 Å². The zero-order chi connectivity index (χ0) is 11.4. The van der Waals surface area contributed by atoms with Gasteiger partial charge in [0.15, 0.2) is 0 Å². The van der Waals surface area contributed by atoms with E-state index in [0.29, 0.717) is 18.2 Å². The first-order valence-corrected chi connectivity index (χ1v) is 6.12. The van der Waals surface area contributed by atoms with Crippen molar-refractivity contribution in [3.8, 4) is 0 Å². The zero-order valence-electron chi connectivity index (χ0n) is 9.86. The van der Waals surface area contributed by atoms with Crippen LogP contribution >= 0.6 is 0 Å². The molecule has 0 N–H and O–H groups in total. The fourth-order valence-electron chi connectivity index (χ4n) is 2.43. The van der Waals surface area contributed by atoms with Gasteiger partial charge >= 0.3 is 0 Å². The molecule has 1 aromatic rings. The topological polar surface area (TPSA) is 20.3 Å². The molecule has 0 aromatic heterocycles. The first-order valence-electron chi connectivity index (χ1n) is 6.12. The normalized spacial score (nSPS) is 22.3. The molecule has 1 aliphatic heterocycles. The standard InChI is InChI=1S/C14H19NO/c1-2-9-15-10-8-13(16)11-14(15)12-6-4-3-5-7-12/h3-7,14H,2,8-11H2,1H3. The minimum absolute atomic E-state index is 0.308. The lowest BCUT2D eigenvalue weighted by molar-refractivity contribution is -0.123. The molecular weight excluding hydrogens is 198 g/mol. The van der Waals surface area contributed by atoms with Crippen molar-refractivity contribution in [2.24, 2.45) is 0 Å². The van der Waals surface area contributed by atoms with E-state index in [-0.39, 0.29) is 0 Å². The third-order valence-corrected chi connectivity index (χ3v) is 3.23. The summed E-state index contributed by atoms with van der Waals surface area (Å²) in [7, 11) is 0. The average Bonchev–Trinajstić information content (AvgIpc) is 2.33. The molecule has 0 bridgehead atoms. The third-order valence-electron chi connectivity index (χ3n) is 3.23. The molecule has 1 heterocycles. The number of likely N-dealkylation sites (tertiary alicyclic amines) is 1. The van der Waals surface area contributed by atoms with Gasteiger partial charge in [0.25, 0.3) is 0 Å². The van der Waals surface area contributed by atoms with E-state index in [9.17, 15) is 4.79 Å². The van der Waals surface area contributed by atoms with Gasteiger partial charge in [0.05, 0.1) is 0 Å². The van der Waals surface area contributed by atoms with Crippen molar-refractivity contribution in [3.05, 3.63) is 35.9 Å². The number of benzene rings is 1. The summed E-state index contributed by atoms with van der Waals surface area (Å²) in [5.74, 6) is 0.404. The Morgan fingerprint density at radius 3 is 2.75 bits per heavy atom. The van der Waals surface area contributed by atoms with E-state index < -0.39 is 0 Å². The number of hydrogen-bond donors (Lipinski definition) is 0. The Kier molecular flexibility index (Phi) is 3.73. The molecule has 1 aliphatic rings. The van der Waals surface area contributed by atoms with E-state index in [2.05, 4.69) is 36.1 Å². The van der Waals surface area contributed by atoms with Gasteiger partial charge in [0.2, 0.25) is 0 Å². The number of rotatable bonds is 3.